The summed E-state index contributed by atoms with van der Waals surface area (Å²) in [6.07, 6.45) is 0. The van der Waals surface area contributed by atoms with Crippen LogP contribution in [0.5, 0.6) is 5.75 Å². The van der Waals surface area contributed by atoms with Crippen LogP contribution in [0.4, 0.5) is 4.39 Å². The summed E-state index contributed by atoms with van der Waals surface area (Å²) in [4.78, 5) is 11.7. The first-order valence-corrected chi connectivity index (χ1v) is 6.82. The Labute approximate surface area is 127 Å². The van der Waals surface area contributed by atoms with E-state index in [1.165, 1.54) is 23.8 Å². The average Bonchev–Trinajstić information content (AvgIpc) is 2.48. The molecule has 0 saturated carbocycles. The number of hydrogen-bond acceptors (Lipinski definition) is 2. The normalized spacial score (nSPS) is 10.2. The molecule has 110 valence electrons. The number of nitrogens with one attached hydrogen (secondary N) is 1. The van der Waals surface area contributed by atoms with Gasteiger partial charge in [0.05, 0.1) is 5.02 Å². The third kappa shape index (κ3) is 4.76. The van der Waals surface area contributed by atoms with Crippen LogP contribution in [0.25, 0.3) is 0 Å². The largest absolute Gasteiger partial charge is 0.484 e. The smallest absolute Gasteiger partial charge is 0.258 e. The molecule has 1 N–H and O–H groups in total. The van der Waals surface area contributed by atoms with Gasteiger partial charge < -0.3 is 10.1 Å². The molecular weight excluding hydrogens is 293 g/mol. The number of carbonyl (C=O) groups is 1. The number of ether oxygens (including phenoxy) is 1. The molecule has 1 amide bonds. The van der Waals surface area contributed by atoms with Gasteiger partial charge in [0.15, 0.2) is 6.61 Å². The zero-order valence-corrected chi connectivity index (χ0v) is 12.3. The number of aryl methyl sites for hydroxylation is 1. The van der Waals surface area contributed by atoms with Crippen LogP contribution in [0.1, 0.15) is 11.1 Å². The Morgan fingerprint density at radius 3 is 2.62 bits per heavy atom. The maximum absolute atomic E-state index is 13.0. The molecule has 0 unspecified atom stereocenters. The van der Waals surface area contributed by atoms with Crippen molar-refractivity contribution in [3.8, 4) is 5.75 Å². The fraction of sp³-hybridized carbons (Fsp3) is 0.188. The number of hydrogen-bond donors (Lipinski definition) is 1. The van der Waals surface area contributed by atoms with Crippen molar-refractivity contribution >= 4 is 17.5 Å². The van der Waals surface area contributed by atoms with E-state index < -0.39 is 5.82 Å². The van der Waals surface area contributed by atoms with Gasteiger partial charge in [-0.3, -0.25) is 4.79 Å². The molecule has 0 atom stereocenters. The molecule has 0 heterocycles. The van der Waals surface area contributed by atoms with Crippen molar-refractivity contribution in [2.75, 3.05) is 6.61 Å². The number of benzene rings is 2. The molecule has 2 aromatic carbocycles. The van der Waals surface area contributed by atoms with Gasteiger partial charge in [-0.25, -0.2) is 4.39 Å². The number of amides is 1. The minimum Gasteiger partial charge on any atom is -0.484 e. The number of halogens is 2. The van der Waals surface area contributed by atoms with E-state index in [2.05, 4.69) is 5.32 Å². The first-order chi connectivity index (χ1) is 10.0. The van der Waals surface area contributed by atoms with E-state index in [1.807, 2.05) is 31.2 Å². The van der Waals surface area contributed by atoms with Crippen LogP contribution in [-0.2, 0) is 11.3 Å². The van der Waals surface area contributed by atoms with Crippen molar-refractivity contribution in [2.45, 2.75) is 13.5 Å². The topological polar surface area (TPSA) is 38.3 Å². The predicted octanol–water partition coefficient (Wildman–Crippen LogP) is 3.48. The molecule has 0 aliphatic carbocycles. The Kier molecular flexibility index (Phi) is 5.17. The molecule has 5 heteroatoms. The monoisotopic (exact) mass is 307 g/mol. The van der Waals surface area contributed by atoms with Gasteiger partial charge in [-0.2, -0.15) is 0 Å². The van der Waals surface area contributed by atoms with E-state index in [1.54, 1.807) is 0 Å². The van der Waals surface area contributed by atoms with E-state index in [0.717, 1.165) is 5.56 Å². The zero-order valence-electron chi connectivity index (χ0n) is 11.5. The molecule has 0 bridgehead atoms. The molecule has 0 saturated heterocycles. The van der Waals surface area contributed by atoms with Crippen LogP contribution in [0.3, 0.4) is 0 Å². The summed E-state index contributed by atoms with van der Waals surface area (Å²) < 4.78 is 18.2. The molecule has 21 heavy (non-hydrogen) atoms. The van der Waals surface area contributed by atoms with Crippen LogP contribution in [0, 0.1) is 12.7 Å². The predicted molar refractivity (Wildman–Crippen MR) is 79.9 cm³/mol. The fourth-order valence-corrected chi connectivity index (χ4v) is 1.84. The van der Waals surface area contributed by atoms with Gasteiger partial charge in [0.2, 0.25) is 0 Å². The number of carbonyl (C=O) groups excluding carboxylic acids is 1. The van der Waals surface area contributed by atoms with Crippen molar-refractivity contribution in [3.63, 3.8) is 0 Å². The Bertz CT molecular complexity index is 629. The van der Waals surface area contributed by atoms with Crippen LogP contribution in [0.15, 0.2) is 42.5 Å². The van der Waals surface area contributed by atoms with Crippen LogP contribution < -0.4 is 10.1 Å². The molecule has 0 fully saturated rings. The summed E-state index contributed by atoms with van der Waals surface area (Å²) in [6.45, 7) is 2.30. The quantitative estimate of drug-likeness (QED) is 0.918. The molecule has 0 radical (unpaired) electrons. The van der Waals surface area contributed by atoms with E-state index in [9.17, 15) is 9.18 Å². The van der Waals surface area contributed by atoms with E-state index >= 15 is 0 Å². The minimum absolute atomic E-state index is 0.0347. The van der Waals surface area contributed by atoms with Gasteiger partial charge in [0, 0.05) is 12.6 Å². The van der Waals surface area contributed by atoms with Crippen molar-refractivity contribution in [2.24, 2.45) is 0 Å². The van der Waals surface area contributed by atoms with Crippen molar-refractivity contribution in [1.29, 1.82) is 0 Å². The summed E-state index contributed by atoms with van der Waals surface area (Å²) in [6, 6.07) is 11.8. The average molecular weight is 308 g/mol. The van der Waals surface area contributed by atoms with Gasteiger partial charge in [0.25, 0.3) is 5.91 Å². The van der Waals surface area contributed by atoms with Gasteiger partial charge in [-0.1, -0.05) is 41.4 Å². The Hall–Kier alpha value is -2.07. The molecular formula is C16H15ClFNO2. The van der Waals surface area contributed by atoms with Crippen LogP contribution >= 0.6 is 11.6 Å². The van der Waals surface area contributed by atoms with E-state index in [4.69, 9.17) is 16.3 Å². The highest BCUT2D eigenvalue weighted by atomic mass is 35.5. The van der Waals surface area contributed by atoms with Crippen LogP contribution in [0.2, 0.25) is 5.02 Å². The lowest BCUT2D eigenvalue weighted by Crippen LogP contribution is -2.28. The van der Waals surface area contributed by atoms with E-state index in [0.29, 0.717) is 12.3 Å². The van der Waals surface area contributed by atoms with Crippen molar-refractivity contribution < 1.29 is 13.9 Å². The van der Waals surface area contributed by atoms with Gasteiger partial charge >= 0.3 is 0 Å². The molecule has 0 aromatic heterocycles. The molecule has 2 aromatic rings. The molecule has 0 aliphatic rings. The van der Waals surface area contributed by atoms with Crippen LogP contribution in [-0.4, -0.2) is 12.5 Å². The highest BCUT2D eigenvalue weighted by molar-refractivity contribution is 6.30. The highest BCUT2D eigenvalue weighted by Gasteiger charge is 2.05. The van der Waals surface area contributed by atoms with E-state index in [-0.39, 0.29) is 17.5 Å². The second kappa shape index (κ2) is 7.09. The second-order valence-corrected chi connectivity index (χ2v) is 5.03. The highest BCUT2D eigenvalue weighted by Crippen LogP contribution is 2.20. The van der Waals surface area contributed by atoms with Gasteiger partial charge in [-0.15, -0.1) is 0 Å². The standard InChI is InChI=1S/C16H15ClFNO2/c1-11-2-4-12(5-3-11)9-19-16(20)10-21-13-6-7-15(18)14(17)8-13/h2-8H,9-10H2,1H3,(H,19,20). The lowest BCUT2D eigenvalue weighted by Gasteiger charge is -2.08. The minimum atomic E-state index is -0.521. The third-order valence-corrected chi connectivity index (χ3v) is 3.16. The number of rotatable bonds is 5. The first-order valence-electron chi connectivity index (χ1n) is 6.44. The lowest BCUT2D eigenvalue weighted by atomic mass is 10.1. The summed E-state index contributed by atoms with van der Waals surface area (Å²) in [5.74, 6) is -0.421. The lowest BCUT2D eigenvalue weighted by molar-refractivity contribution is -0.123. The summed E-state index contributed by atoms with van der Waals surface area (Å²) in [5.41, 5.74) is 2.18. The Morgan fingerprint density at radius 2 is 1.95 bits per heavy atom. The Balaban J connectivity index is 1.79. The van der Waals surface area contributed by atoms with Gasteiger partial charge in [-0.05, 0) is 24.6 Å². The summed E-state index contributed by atoms with van der Waals surface area (Å²) >= 11 is 5.63. The molecule has 2 rings (SSSR count). The summed E-state index contributed by atoms with van der Waals surface area (Å²) in [5, 5.41) is 2.71. The van der Waals surface area contributed by atoms with Crippen molar-refractivity contribution in [3.05, 3.63) is 64.4 Å². The maximum Gasteiger partial charge on any atom is 0.258 e. The van der Waals surface area contributed by atoms with Crippen molar-refractivity contribution in [1.82, 2.24) is 5.32 Å². The third-order valence-electron chi connectivity index (χ3n) is 2.87. The first kappa shape index (κ1) is 15.3. The zero-order chi connectivity index (χ0) is 15.2. The summed E-state index contributed by atoms with van der Waals surface area (Å²) in [7, 11) is 0. The molecule has 0 aliphatic heterocycles. The molecule has 0 spiro atoms. The second-order valence-electron chi connectivity index (χ2n) is 4.63. The Morgan fingerprint density at radius 1 is 1.24 bits per heavy atom. The SMILES string of the molecule is Cc1ccc(CNC(=O)COc2ccc(F)c(Cl)c2)cc1. The molecule has 3 nitrogen and oxygen atoms in total. The van der Waals surface area contributed by atoms with Gasteiger partial charge in [0.1, 0.15) is 11.6 Å². The maximum atomic E-state index is 13.0. The fourth-order valence-electron chi connectivity index (χ4n) is 1.67.